The standard InChI is InChI=1S/C19H39NO/c1-8-20-14-16-9-10-17(18(2,3)4)13-15(16)11-12-19(5,6)21-7/h15-17,20H,8-14H2,1-7H3. The number of methoxy groups -OCH3 is 1. The van der Waals surface area contributed by atoms with Crippen LogP contribution < -0.4 is 5.32 Å². The van der Waals surface area contributed by atoms with E-state index in [9.17, 15) is 0 Å². The maximum absolute atomic E-state index is 5.62. The van der Waals surface area contributed by atoms with Gasteiger partial charge in [0.25, 0.3) is 0 Å². The zero-order valence-corrected chi connectivity index (χ0v) is 15.6. The van der Waals surface area contributed by atoms with Crippen LogP contribution in [0.2, 0.25) is 0 Å². The lowest BCUT2D eigenvalue weighted by Crippen LogP contribution is -2.37. The van der Waals surface area contributed by atoms with Gasteiger partial charge < -0.3 is 10.1 Å². The molecule has 1 N–H and O–H groups in total. The van der Waals surface area contributed by atoms with Crippen LogP contribution in [0.15, 0.2) is 0 Å². The lowest BCUT2D eigenvalue weighted by molar-refractivity contribution is 0.00124. The normalized spacial score (nSPS) is 27.9. The van der Waals surface area contributed by atoms with Crippen molar-refractivity contribution >= 4 is 0 Å². The summed E-state index contributed by atoms with van der Waals surface area (Å²) in [6.07, 6.45) is 6.69. The van der Waals surface area contributed by atoms with E-state index in [1.807, 2.05) is 7.11 Å². The van der Waals surface area contributed by atoms with Gasteiger partial charge >= 0.3 is 0 Å². The van der Waals surface area contributed by atoms with Crippen LogP contribution in [-0.4, -0.2) is 25.8 Å². The Morgan fingerprint density at radius 2 is 1.71 bits per heavy atom. The van der Waals surface area contributed by atoms with E-state index in [-0.39, 0.29) is 5.60 Å². The van der Waals surface area contributed by atoms with Gasteiger partial charge in [-0.25, -0.2) is 0 Å². The summed E-state index contributed by atoms with van der Waals surface area (Å²) in [6.45, 7) is 16.2. The zero-order chi connectivity index (χ0) is 16.1. The van der Waals surface area contributed by atoms with Crippen LogP contribution in [-0.2, 0) is 4.74 Å². The van der Waals surface area contributed by atoms with E-state index >= 15 is 0 Å². The number of hydrogen-bond donors (Lipinski definition) is 1. The summed E-state index contributed by atoms with van der Waals surface area (Å²) < 4.78 is 5.62. The lowest BCUT2D eigenvalue weighted by atomic mass is 9.64. The molecule has 21 heavy (non-hydrogen) atoms. The van der Waals surface area contributed by atoms with Gasteiger partial charge in [0.05, 0.1) is 5.60 Å². The van der Waals surface area contributed by atoms with Crippen molar-refractivity contribution in [2.24, 2.45) is 23.2 Å². The summed E-state index contributed by atoms with van der Waals surface area (Å²) in [6, 6.07) is 0. The van der Waals surface area contributed by atoms with Gasteiger partial charge in [-0.05, 0) is 82.2 Å². The van der Waals surface area contributed by atoms with Gasteiger partial charge in [-0.2, -0.15) is 0 Å². The van der Waals surface area contributed by atoms with Crippen LogP contribution in [0.5, 0.6) is 0 Å². The van der Waals surface area contributed by atoms with E-state index in [2.05, 4.69) is 46.9 Å². The molecule has 0 aromatic heterocycles. The molecule has 0 aromatic carbocycles. The lowest BCUT2D eigenvalue weighted by Gasteiger charge is -2.43. The Bertz CT molecular complexity index is 292. The molecule has 0 aromatic rings. The number of rotatable bonds is 7. The average molecular weight is 298 g/mol. The molecule has 1 aliphatic carbocycles. The molecule has 1 fully saturated rings. The fourth-order valence-corrected chi connectivity index (χ4v) is 3.70. The van der Waals surface area contributed by atoms with Crippen molar-refractivity contribution in [3.63, 3.8) is 0 Å². The second-order valence-electron chi connectivity index (χ2n) is 8.71. The molecule has 0 saturated heterocycles. The summed E-state index contributed by atoms with van der Waals surface area (Å²) >= 11 is 0. The first-order valence-corrected chi connectivity index (χ1v) is 8.95. The van der Waals surface area contributed by atoms with Crippen molar-refractivity contribution in [2.75, 3.05) is 20.2 Å². The van der Waals surface area contributed by atoms with E-state index < -0.39 is 0 Å². The van der Waals surface area contributed by atoms with Gasteiger partial charge in [-0.15, -0.1) is 0 Å². The zero-order valence-electron chi connectivity index (χ0n) is 15.6. The van der Waals surface area contributed by atoms with Crippen molar-refractivity contribution in [1.29, 1.82) is 0 Å². The summed E-state index contributed by atoms with van der Waals surface area (Å²) in [4.78, 5) is 0. The van der Waals surface area contributed by atoms with Crippen LogP contribution in [0.4, 0.5) is 0 Å². The molecular formula is C19H39NO. The Balaban J connectivity index is 2.64. The van der Waals surface area contributed by atoms with Gasteiger partial charge in [-0.1, -0.05) is 27.7 Å². The monoisotopic (exact) mass is 297 g/mol. The highest BCUT2D eigenvalue weighted by Crippen LogP contribution is 2.44. The van der Waals surface area contributed by atoms with Crippen LogP contribution in [0.3, 0.4) is 0 Å². The first-order valence-electron chi connectivity index (χ1n) is 8.95. The second kappa shape index (κ2) is 7.97. The SMILES string of the molecule is CCNCC1CCC(C(C)(C)C)CC1CCC(C)(C)OC. The van der Waals surface area contributed by atoms with Crippen molar-refractivity contribution in [2.45, 2.75) is 79.2 Å². The minimum absolute atomic E-state index is 0.0252. The minimum atomic E-state index is 0.0252. The third-order valence-corrected chi connectivity index (χ3v) is 5.69. The maximum Gasteiger partial charge on any atom is 0.0622 e. The second-order valence-corrected chi connectivity index (χ2v) is 8.71. The molecule has 0 bridgehead atoms. The molecule has 0 radical (unpaired) electrons. The van der Waals surface area contributed by atoms with Crippen LogP contribution in [0, 0.1) is 23.2 Å². The van der Waals surface area contributed by atoms with Gasteiger partial charge in [0.1, 0.15) is 0 Å². The third kappa shape index (κ3) is 6.28. The predicted molar refractivity (Wildman–Crippen MR) is 92.6 cm³/mol. The Hall–Kier alpha value is -0.0800. The first-order chi connectivity index (χ1) is 9.69. The molecule has 1 saturated carbocycles. The predicted octanol–water partition coefficient (Wildman–Crippen LogP) is 4.88. The molecule has 0 heterocycles. The molecule has 126 valence electrons. The smallest absolute Gasteiger partial charge is 0.0622 e. The molecule has 3 atom stereocenters. The average Bonchev–Trinajstić information content (AvgIpc) is 2.42. The number of ether oxygens (including phenoxy) is 1. The highest BCUT2D eigenvalue weighted by atomic mass is 16.5. The Labute approximate surface area is 133 Å². The van der Waals surface area contributed by atoms with Gasteiger partial charge in [0.2, 0.25) is 0 Å². The summed E-state index contributed by atoms with van der Waals surface area (Å²) in [5.74, 6) is 2.60. The Morgan fingerprint density at radius 3 is 2.24 bits per heavy atom. The Morgan fingerprint density at radius 1 is 1.05 bits per heavy atom. The fraction of sp³-hybridized carbons (Fsp3) is 1.00. The van der Waals surface area contributed by atoms with Crippen molar-refractivity contribution in [3.8, 4) is 0 Å². The minimum Gasteiger partial charge on any atom is -0.379 e. The van der Waals surface area contributed by atoms with E-state index in [0.29, 0.717) is 5.41 Å². The molecule has 0 spiro atoms. The molecule has 2 nitrogen and oxygen atoms in total. The maximum atomic E-state index is 5.62. The van der Waals surface area contributed by atoms with Crippen LogP contribution >= 0.6 is 0 Å². The third-order valence-electron chi connectivity index (χ3n) is 5.69. The van der Waals surface area contributed by atoms with E-state index in [4.69, 9.17) is 4.74 Å². The molecule has 1 rings (SSSR count). The van der Waals surface area contributed by atoms with Gasteiger partial charge in [-0.3, -0.25) is 0 Å². The van der Waals surface area contributed by atoms with E-state index in [1.54, 1.807) is 0 Å². The molecule has 3 unspecified atom stereocenters. The van der Waals surface area contributed by atoms with Crippen molar-refractivity contribution < 1.29 is 4.74 Å². The highest BCUT2D eigenvalue weighted by Gasteiger charge is 2.36. The first kappa shape index (κ1) is 19.0. The number of nitrogens with one attached hydrogen (secondary N) is 1. The molecular weight excluding hydrogens is 258 g/mol. The molecule has 0 aliphatic heterocycles. The van der Waals surface area contributed by atoms with Gasteiger partial charge in [0, 0.05) is 7.11 Å². The molecule has 0 amide bonds. The van der Waals surface area contributed by atoms with Crippen LogP contribution in [0.1, 0.15) is 73.6 Å². The van der Waals surface area contributed by atoms with Crippen LogP contribution in [0.25, 0.3) is 0 Å². The van der Waals surface area contributed by atoms with Crippen molar-refractivity contribution in [3.05, 3.63) is 0 Å². The quantitative estimate of drug-likeness (QED) is 0.723. The van der Waals surface area contributed by atoms with E-state index in [0.717, 1.165) is 24.3 Å². The highest BCUT2D eigenvalue weighted by molar-refractivity contribution is 4.87. The number of hydrogen-bond acceptors (Lipinski definition) is 2. The fourth-order valence-electron chi connectivity index (χ4n) is 3.70. The van der Waals surface area contributed by atoms with Crippen molar-refractivity contribution in [1.82, 2.24) is 5.32 Å². The molecule has 1 aliphatic rings. The van der Waals surface area contributed by atoms with E-state index in [1.165, 1.54) is 38.6 Å². The topological polar surface area (TPSA) is 21.3 Å². The summed E-state index contributed by atoms with van der Waals surface area (Å²) in [5, 5.41) is 3.58. The molecule has 2 heteroatoms. The van der Waals surface area contributed by atoms with Gasteiger partial charge in [0.15, 0.2) is 0 Å². The largest absolute Gasteiger partial charge is 0.379 e. The summed E-state index contributed by atoms with van der Waals surface area (Å²) in [5.41, 5.74) is 0.482. The summed E-state index contributed by atoms with van der Waals surface area (Å²) in [7, 11) is 1.84. The Kier molecular flexibility index (Phi) is 7.19.